The highest BCUT2D eigenvalue weighted by molar-refractivity contribution is 5.77. The molecule has 0 spiro atoms. The van der Waals surface area contributed by atoms with Gasteiger partial charge in [-0.3, -0.25) is 14.4 Å². The maximum atomic E-state index is 12.0. The summed E-state index contributed by atoms with van der Waals surface area (Å²) in [5.41, 5.74) is 0. The van der Waals surface area contributed by atoms with Crippen LogP contribution in [0.25, 0.3) is 0 Å². The number of ether oxygens (including phenoxy) is 2. The summed E-state index contributed by atoms with van der Waals surface area (Å²) < 4.78 is 10.5. The molecule has 0 aromatic carbocycles. The molecule has 258 valence electrons. The normalized spacial score (nSPS) is 10.8. The Morgan fingerprint density at radius 3 is 1.39 bits per heavy atom. The van der Waals surface area contributed by atoms with Crippen molar-refractivity contribution in [3.8, 4) is 0 Å². The van der Waals surface area contributed by atoms with Crippen LogP contribution < -0.4 is 21.3 Å². The van der Waals surface area contributed by atoms with Gasteiger partial charge in [0.25, 0.3) is 0 Å². The first-order valence-electron chi connectivity index (χ1n) is 17.4. The van der Waals surface area contributed by atoms with E-state index in [1.807, 2.05) is 6.92 Å². The van der Waals surface area contributed by atoms with E-state index >= 15 is 0 Å². The molecule has 0 radical (unpaired) electrons. The summed E-state index contributed by atoms with van der Waals surface area (Å²) in [5, 5.41) is 19.9. The average molecular weight is 629 g/mol. The number of aliphatic carboxylic acids is 1. The fourth-order valence-electron chi connectivity index (χ4n) is 4.68. The molecule has 0 rings (SSSR count). The van der Waals surface area contributed by atoms with Crippen LogP contribution in [0.1, 0.15) is 135 Å². The second kappa shape index (κ2) is 33.5. The van der Waals surface area contributed by atoms with Crippen molar-refractivity contribution in [3.63, 3.8) is 0 Å². The van der Waals surface area contributed by atoms with Gasteiger partial charge in [0, 0.05) is 52.0 Å². The van der Waals surface area contributed by atoms with Crippen molar-refractivity contribution in [2.75, 3.05) is 52.6 Å². The summed E-state index contributed by atoms with van der Waals surface area (Å²) in [7, 11) is 0. The molecule has 0 aromatic heterocycles. The van der Waals surface area contributed by atoms with E-state index < -0.39 is 5.97 Å². The predicted molar refractivity (Wildman–Crippen MR) is 175 cm³/mol. The molecule has 0 aliphatic carbocycles. The molecule has 11 nitrogen and oxygen atoms in total. The lowest BCUT2D eigenvalue weighted by atomic mass is 10.0. The van der Waals surface area contributed by atoms with E-state index in [4.69, 9.17) is 14.6 Å². The van der Waals surface area contributed by atoms with E-state index in [1.165, 1.54) is 57.8 Å². The summed E-state index contributed by atoms with van der Waals surface area (Å²) in [4.78, 5) is 46.1. The molecule has 5 N–H and O–H groups in total. The van der Waals surface area contributed by atoms with Crippen LogP contribution in [-0.2, 0) is 23.9 Å². The minimum Gasteiger partial charge on any atom is -0.481 e. The lowest BCUT2D eigenvalue weighted by Gasteiger charge is -2.09. The quantitative estimate of drug-likeness (QED) is 0.0605. The number of nitrogens with one attached hydrogen (secondary N) is 4. The Kier molecular flexibility index (Phi) is 31.7. The molecule has 0 heterocycles. The van der Waals surface area contributed by atoms with Gasteiger partial charge in [-0.2, -0.15) is 0 Å². The van der Waals surface area contributed by atoms with E-state index in [2.05, 4.69) is 21.3 Å². The molecule has 11 heteroatoms. The molecule has 0 saturated carbocycles. The van der Waals surface area contributed by atoms with E-state index in [1.54, 1.807) is 0 Å². The second-order valence-electron chi connectivity index (χ2n) is 11.3. The first kappa shape index (κ1) is 41.6. The Morgan fingerprint density at radius 2 is 0.864 bits per heavy atom. The van der Waals surface area contributed by atoms with Crippen molar-refractivity contribution < 1.29 is 33.8 Å². The van der Waals surface area contributed by atoms with Crippen LogP contribution in [0, 0.1) is 0 Å². The van der Waals surface area contributed by atoms with Crippen LogP contribution in [0.5, 0.6) is 0 Å². The second-order valence-corrected chi connectivity index (χ2v) is 11.3. The Hall–Kier alpha value is -2.40. The van der Waals surface area contributed by atoms with Gasteiger partial charge >= 0.3 is 12.0 Å². The van der Waals surface area contributed by atoms with Crippen molar-refractivity contribution in [1.82, 2.24) is 21.3 Å². The number of carbonyl (C=O) groups excluding carboxylic acids is 3. The molecule has 0 fully saturated rings. The third kappa shape index (κ3) is 34.1. The van der Waals surface area contributed by atoms with Gasteiger partial charge in [-0.05, 0) is 39.0 Å². The molecule has 0 bridgehead atoms. The molecule has 4 amide bonds. The van der Waals surface area contributed by atoms with Gasteiger partial charge in [0.15, 0.2) is 0 Å². The molecular weight excluding hydrogens is 564 g/mol. The average Bonchev–Trinajstić information content (AvgIpc) is 3.00. The zero-order chi connectivity index (χ0) is 32.4. The minimum atomic E-state index is -0.688. The largest absolute Gasteiger partial charge is 0.481 e. The maximum absolute atomic E-state index is 12.0. The van der Waals surface area contributed by atoms with E-state index in [0.717, 1.165) is 44.9 Å². The van der Waals surface area contributed by atoms with Gasteiger partial charge in [-0.15, -0.1) is 0 Å². The van der Waals surface area contributed by atoms with Gasteiger partial charge in [0.05, 0.1) is 19.8 Å². The van der Waals surface area contributed by atoms with Gasteiger partial charge in [0.2, 0.25) is 11.8 Å². The van der Waals surface area contributed by atoms with Gasteiger partial charge in [-0.25, -0.2) is 4.79 Å². The molecule has 0 aromatic rings. The summed E-state index contributed by atoms with van der Waals surface area (Å²) in [6.45, 7) is 6.20. The molecule has 0 aliphatic rings. The third-order valence-corrected chi connectivity index (χ3v) is 7.27. The number of rotatable bonds is 33. The fraction of sp³-hybridized carbons (Fsp3) is 0.879. The lowest BCUT2D eigenvalue weighted by molar-refractivity contribution is -0.137. The Bertz CT molecular complexity index is 710. The van der Waals surface area contributed by atoms with Crippen LogP contribution in [-0.4, -0.2) is 81.5 Å². The number of carbonyl (C=O) groups is 4. The molecular formula is C33H64N4O7. The van der Waals surface area contributed by atoms with Crippen molar-refractivity contribution in [2.45, 2.75) is 135 Å². The highest BCUT2D eigenvalue weighted by Gasteiger charge is 2.04. The van der Waals surface area contributed by atoms with Gasteiger partial charge in [0.1, 0.15) is 0 Å². The Morgan fingerprint density at radius 1 is 0.455 bits per heavy atom. The number of carboxylic acids is 1. The zero-order valence-corrected chi connectivity index (χ0v) is 27.7. The summed E-state index contributed by atoms with van der Waals surface area (Å²) in [6.07, 6.45) is 19.8. The topological polar surface area (TPSA) is 155 Å². The van der Waals surface area contributed by atoms with E-state index in [-0.39, 0.29) is 17.8 Å². The molecule has 0 aliphatic heterocycles. The number of hydrogen-bond donors (Lipinski definition) is 5. The number of urea groups is 1. The van der Waals surface area contributed by atoms with Crippen LogP contribution in [0.2, 0.25) is 0 Å². The van der Waals surface area contributed by atoms with Crippen LogP contribution >= 0.6 is 0 Å². The van der Waals surface area contributed by atoms with E-state index in [0.29, 0.717) is 78.3 Å². The number of carboxylic acid groups (broad SMARTS) is 1. The van der Waals surface area contributed by atoms with Crippen molar-refractivity contribution in [2.24, 2.45) is 0 Å². The Balaban J connectivity index is 3.34. The standard InChI is InChI=1S/C33H64N4O7/c1-2-43-28-29-44-27-26-37-33(42)36-24-18-17-23-34-31(39)21-19-25-35-30(38)20-15-13-11-9-7-5-3-4-6-8-10-12-14-16-22-32(40)41/h2-29H2,1H3,(H,34,39)(H,35,38)(H,40,41)(H2,36,37,42). The molecule has 0 saturated heterocycles. The summed E-state index contributed by atoms with van der Waals surface area (Å²) in [6, 6.07) is -0.224. The summed E-state index contributed by atoms with van der Waals surface area (Å²) >= 11 is 0. The zero-order valence-electron chi connectivity index (χ0n) is 27.7. The predicted octanol–water partition coefficient (Wildman–Crippen LogP) is 5.46. The van der Waals surface area contributed by atoms with Crippen molar-refractivity contribution in [3.05, 3.63) is 0 Å². The molecule has 0 unspecified atom stereocenters. The van der Waals surface area contributed by atoms with Crippen LogP contribution in [0.3, 0.4) is 0 Å². The first-order valence-corrected chi connectivity index (χ1v) is 17.4. The smallest absolute Gasteiger partial charge is 0.314 e. The van der Waals surface area contributed by atoms with Crippen LogP contribution in [0.15, 0.2) is 0 Å². The van der Waals surface area contributed by atoms with Crippen molar-refractivity contribution >= 4 is 23.8 Å². The van der Waals surface area contributed by atoms with E-state index in [9.17, 15) is 19.2 Å². The number of unbranched alkanes of at least 4 members (excludes halogenated alkanes) is 14. The van der Waals surface area contributed by atoms with Gasteiger partial charge < -0.3 is 35.8 Å². The summed E-state index contributed by atoms with van der Waals surface area (Å²) in [5.74, 6) is -0.635. The van der Waals surface area contributed by atoms with Crippen LogP contribution in [0.4, 0.5) is 4.79 Å². The lowest BCUT2D eigenvalue weighted by Crippen LogP contribution is -2.38. The minimum absolute atomic E-state index is 0.0146. The van der Waals surface area contributed by atoms with Crippen molar-refractivity contribution in [1.29, 1.82) is 0 Å². The number of hydrogen-bond acceptors (Lipinski definition) is 6. The molecule has 44 heavy (non-hydrogen) atoms. The fourth-order valence-corrected chi connectivity index (χ4v) is 4.68. The van der Waals surface area contributed by atoms with Gasteiger partial charge in [-0.1, -0.05) is 77.0 Å². The monoisotopic (exact) mass is 628 g/mol. The maximum Gasteiger partial charge on any atom is 0.314 e. The SMILES string of the molecule is CCOCCOCCNC(=O)NCCCCNC(=O)CCCNC(=O)CCCCCCCCCCCCCCCCC(=O)O. The number of amides is 4. The third-order valence-electron chi connectivity index (χ3n) is 7.27. The highest BCUT2D eigenvalue weighted by Crippen LogP contribution is 2.13. The Labute approximate surface area is 266 Å². The first-order chi connectivity index (χ1) is 21.5. The highest BCUT2D eigenvalue weighted by atomic mass is 16.5. The molecule has 0 atom stereocenters.